The minimum atomic E-state index is 0.123. The summed E-state index contributed by atoms with van der Waals surface area (Å²) in [7, 11) is 0. The van der Waals surface area contributed by atoms with Gasteiger partial charge in [-0.2, -0.15) is 0 Å². The third-order valence-electron chi connectivity index (χ3n) is 2.96. The standard InChI is InChI=1S/C14H20N2/c1-12(15)4-5-13-6-8-14(9-7-13)16-10-2-3-11-16/h4-9,12H,2-3,10-11,15H2,1H3/b5-4+. The highest BCUT2D eigenvalue weighted by atomic mass is 15.1. The highest BCUT2D eigenvalue weighted by molar-refractivity contribution is 5.56. The predicted octanol–water partition coefficient (Wildman–Crippen LogP) is 2.65. The molecule has 1 aromatic carbocycles. The second kappa shape index (κ2) is 5.17. The van der Waals surface area contributed by atoms with E-state index in [9.17, 15) is 0 Å². The quantitative estimate of drug-likeness (QED) is 0.841. The monoisotopic (exact) mass is 216 g/mol. The Kier molecular flexibility index (Phi) is 3.62. The van der Waals surface area contributed by atoms with Crippen LogP contribution in [-0.4, -0.2) is 19.1 Å². The lowest BCUT2D eigenvalue weighted by atomic mass is 10.1. The van der Waals surface area contributed by atoms with E-state index in [1.165, 1.54) is 37.2 Å². The van der Waals surface area contributed by atoms with E-state index >= 15 is 0 Å². The van der Waals surface area contributed by atoms with E-state index in [0.717, 1.165) is 0 Å². The molecule has 1 unspecified atom stereocenters. The molecule has 2 nitrogen and oxygen atoms in total. The maximum Gasteiger partial charge on any atom is 0.0366 e. The lowest BCUT2D eigenvalue weighted by Crippen LogP contribution is -2.17. The molecule has 0 radical (unpaired) electrons. The molecule has 1 aromatic rings. The fraction of sp³-hybridized carbons (Fsp3) is 0.429. The number of hydrogen-bond acceptors (Lipinski definition) is 2. The molecule has 2 rings (SSSR count). The van der Waals surface area contributed by atoms with Crippen LogP contribution in [0.5, 0.6) is 0 Å². The molecule has 2 N–H and O–H groups in total. The third kappa shape index (κ3) is 2.86. The average Bonchev–Trinajstić information content (AvgIpc) is 2.80. The van der Waals surface area contributed by atoms with Crippen molar-refractivity contribution in [1.82, 2.24) is 0 Å². The van der Waals surface area contributed by atoms with Crippen molar-refractivity contribution in [1.29, 1.82) is 0 Å². The molecule has 16 heavy (non-hydrogen) atoms. The molecule has 1 heterocycles. The molecule has 1 saturated heterocycles. The van der Waals surface area contributed by atoms with Crippen molar-refractivity contribution in [3.8, 4) is 0 Å². The van der Waals surface area contributed by atoms with Gasteiger partial charge >= 0.3 is 0 Å². The first-order valence-corrected chi connectivity index (χ1v) is 6.04. The lowest BCUT2D eigenvalue weighted by Gasteiger charge is -2.17. The van der Waals surface area contributed by atoms with Gasteiger partial charge in [-0.25, -0.2) is 0 Å². The van der Waals surface area contributed by atoms with Gasteiger partial charge < -0.3 is 10.6 Å². The Balaban J connectivity index is 2.04. The minimum Gasteiger partial charge on any atom is -0.372 e. The Morgan fingerprint density at radius 2 is 1.81 bits per heavy atom. The Labute approximate surface area is 97.8 Å². The van der Waals surface area contributed by atoms with Gasteiger partial charge in [0, 0.05) is 24.8 Å². The first-order valence-electron chi connectivity index (χ1n) is 6.04. The number of hydrogen-bond donors (Lipinski definition) is 1. The number of anilines is 1. The summed E-state index contributed by atoms with van der Waals surface area (Å²) in [4.78, 5) is 2.44. The second-order valence-corrected chi connectivity index (χ2v) is 4.50. The van der Waals surface area contributed by atoms with Gasteiger partial charge in [0.25, 0.3) is 0 Å². The van der Waals surface area contributed by atoms with Crippen LogP contribution in [0, 0.1) is 0 Å². The summed E-state index contributed by atoms with van der Waals surface area (Å²) in [6, 6.07) is 8.84. The van der Waals surface area contributed by atoms with E-state index in [4.69, 9.17) is 5.73 Å². The molecule has 0 aliphatic carbocycles. The molecule has 0 saturated carbocycles. The number of rotatable bonds is 3. The first kappa shape index (κ1) is 11.2. The molecule has 2 heteroatoms. The van der Waals surface area contributed by atoms with E-state index in [0.29, 0.717) is 0 Å². The van der Waals surface area contributed by atoms with Gasteiger partial charge in [-0.05, 0) is 37.5 Å². The first-order chi connectivity index (χ1) is 7.75. The summed E-state index contributed by atoms with van der Waals surface area (Å²) in [6.45, 7) is 4.39. The smallest absolute Gasteiger partial charge is 0.0366 e. The van der Waals surface area contributed by atoms with Crippen molar-refractivity contribution < 1.29 is 0 Å². The van der Waals surface area contributed by atoms with Crippen LogP contribution in [0.25, 0.3) is 6.08 Å². The third-order valence-corrected chi connectivity index (χ3v) is 2.96. The van der Waals surface area contributed by atoms with E-state index < -0.39 is 0 Å². The zero-order valence-corrected chi connectivity index (χ0v) is 9.89. The zero-order chi connectivity index (χ0) is 11.4. The Hall–Kier alpha value is -1.28. The van der Waals surface area contributed by atoms with E-state index in [2.05, 4.69) is 35.2 Å². The largest absolute Gasteiger partial charge is 0.372 e. The van der Waals surface area contributed by atoms with Crippen LogP contribution in [0.4, 0.5) is 5.69 Å². The molecule has 0 spiro atoms. The Morgan fingerprint density at radius 3 is 2.38 bits per heavy atom. The maximum absolute atomic E-state index is 5.67. The summed E-state index contributed by atoms with van der Waals surface area (Å²) < 4.78 is 0. The molecule has 86 valence electrons. The van der Waals surface area contributed by atoms with Gasteiger partial charge in [0.1, 0.15) is 0 Å². The summed E-state index contributed by atoms with van der Waals surface area (Å²) >= 11 is 0. The number of benzene rings is 1. The SMILES string of the molecule is CC(N)/C=C/c1ccc(N2CCCC2)cc1. The van der Waals surface area contributed by atoms with Crippen molar-refractivity contribution in [3.63, 3.8) is 0 Å². The van der Waals surface area contributed by atoms with Crippen LogP contribution < -0.4 is 10.6 Å². The van der Waals surface area contributed by atoms with E-state index in [1.807, 2.05) is 13.0 Å². The van der Waals surface area contributed by atoms with E-state index in [1.54, 1.807) is 0 Å². The highest BCUT2D eigenvalue weighted by Gasteiger charge is 2.11. The number of nitrogens with zero attached hydrogens (tertiary/aromatic N) is 1. The van der Waals surface area contributed by atoms with E-state index in [-0.39, 0.29) is 6.04 Å². The molecule has 1 fully saturated rings. The number of nitrogens with two attached hydrogens (primary N) is 1. The lowest BCUT2D eigenvalue weighted by molar-refractivity contribution is 0.931. The van der Waals surface area contributed by atoms with Crippen molar-refractivity contribution in [2.24, 2.45) is 5.73 Å². The fourth-order valence-electron chi connectivity index (χ4n) is 2.03. The molecule has 0 aromatic heterocycles. The summed E-state index contributed by atoms with van der Waals surface area (Å²) in [6.07, 6.45) is 6.75. The molecular weight excluding hydrogens is 196 g/mol. The van der Waals surface area contributed by atoms with Gasteiger partial charge in [0.15, 0.2) is 0 Å². The normalized spacial score (nSPS) is 18.2. The van der Waals surface area contributed by atoms with Gasteiger partial charge in [-0.15, -0.1) is 0 Å². The fourth-order valence-corrected chi connectivity index (χ4v) is 2.03. The van der Waals surface area contributed by atoms with Gasteiger partial charge in [-0.1, -0.05) is 24.3 Å². The zero-order valence-electron chi connectivity index (χ0n) is 9.89. The van der Waals surface area contributed by atoms with Crippen molar-refractivity contribution in [3.05, 3.63) is 35.9 Å². The predicted molar refractivity (Wildman–Crippen MR) is 70.6 cm³/mol. The molecule has 1 atom stereocenters. The van der Waals surface area contributed by atoms with Crippen molar-refractivity contribution in [2.45, 2.75) is 25.8 Å². The summed E-state index contributed by atoms with van der Waals surface area (Å²) in [5.41, 5.74) is 8.24. The van der Waals surface area contributed by atoms with Crippen LogP contribution in [0.3, 0.4) is 0 Å². The van der Waals surface area contributed by atoms with Crippen molar-refractivity contribution >= 4 is 11.8 Å². The van der Waals surface area contributed by atoms with Crippen LogP contribution in [0.1, 0.15) is 25.3 Å². The highest BCUT2D eigenvalue weighted by Crippen LogP contribution is 2.20. The van der Waals surface area contributed by atoms with Gasteiger partial charge in [-0.3, -0.25) is 0 Å². The summed E-state index contributed by atoms with van der Waals surface area (Å²) in [5.74, 6) is 0. The maximum atomic E-state index is 5.67. The molecule has 0 amide bonds. The van der Waals surface area contributed by atoms with Crippen LogP contribution in [-0.2, 0) is 0 Å². The molecule has 1 aliphatic heterocycles. The van der Waals surface area contributed by atoms with Crippen LogP contribution in [0.2, 0.25) is 0 Å². The molecule has 0 bridgehead atoms. The topological polar surface area (TPSA) is 29.3 Å². The van der Waals surface area contributed by atoms with Gasteiger partial charge in [0.2, 0.25) is 0 Å². The van der Waals surface area contributed by atoms with Gasteiger partial charge in [0.05, 0.1) is 0 Å². The Bertz CT molecular complexity index is 346. The minimum absolute atomic E-state index is 0.123. The average molecular weight is 216 g/mol. The molecular formula is C14H20N2. The van der Waals surface area contributed by atoms with Crippen LogP contribution >= 0.6 is 0 Å². The second-order valence-electron chi connectivity index (χ2n) is 4.50. The Morgan fingerprint density at radius 1 is 1.19 bits per heavy atom. The van der Waals surface area contributed by atoms with Crippen molar-refractivity contribution in [2.75, 3.05) is 18.0 Å². The summed E-state index contributed by atoms with van der Waals surface area (Å²) in [5, 5.41) is 0. The van der Waals surface area contributed by atoms with Crippen LogP contribution in [0.15, 0.2) is 30.3 Å². The molecule has 1 aliphatic rings.